The molecule has 0 bridgehead atoms. The summed E-state index contributed by atoms with van der Waals surface area (Å²) in [7, 11) is 3.78. The number of amides is 1. The first-order chi connectivity index (χ1) is 14.1. The average Bonchev–Trinajstić information content (AvgIpc) is 2.77. The van der Waals surface area contributed by atoms with Crippen LogP contribution >= 0.6 is 0 Å². The maximum Gasteiger partial charge on any atom is 0.261 e. The first kappa shape index (κ1) is 21.0. The molecule has 1 N–H and O–H groups in total. The van der Waals surface area contributed by atoms with Crippen LogP contribution in [0.3, 0.4) is 0 Å². The third-order valence-electron chi connectivity index (χ3n) is 5.27. The van der Waals surface area contributed by atoms with Gasteiger partial charge in [-0.25, -0.2) is 0 Å². The molecule has 2 aromatic rings. The summed E-state index contributed by atoms with van der Waals surface area (Å²) in [6.07, 6.45) is 0.0771. The van der Waals surface area contributed by atoms with Gasteiger partial charge in [0.1, 0.15) is 11.5 Å². The van der Waals surface area contributed by atoms with Gasteiger partial charge in [-0.1, -0.05) is 19.1 Å². The molecule has 3 rings (SSSR count). The van der Waals surface area contributed by atoms with Gasteiger partial charge in [-0.15, -0.1) is 0 Å². The van der Waals surface area contributed by atoms with Crippen LogP contribution in [0.25, 0.3) is 0 Å². The van der Waals surface area contributed by atoms with Gasteiger partial charge in [-0.3, -0.25) is 4.79 Å². The highest BCUT2D eigenvalue weighted by Gasteiger charge is 2.18. The summed E-state index contributed by atoms with van der Waals surface area (Å²) in [4.78, 5) is 17.3. The smallest absolute Gasteiger partial charge is 0.261 e. The van der Waals surface area contributed by atoms with Gasteiger partial charge in [-0.2, -0.15) is 0 Å². The van der Waals surface area contributed by atoms with Crippen molar-refractivity contribution in [3.63, 3.8) is 0 Å². The van der Waals surface area contributed by atoms with Crippen LogP contribution in [0.5, 0.6) is 11.5 Å². The Kier molecular flexibility index (Phi) is 7.36. The van der Waals surface area contributed by atoms with Gasteiger partial charge >= 0.3 is 0 Å². The molecule has 156 valence electrons. The summed E-state index contributed by atoms with van der Waals surface area (Å²) in [5.74, 6) is 1.31. The zero-order valence-corrected chi connectivity index (χ0v) is 17.6. The molecule has 0 saturated carbocycles. The van der Waals surface area contributed by atoms with Crippen molar-refractivity contribution in [2.24, 2.45) is 0 Å². The first-order valence-electron chi connectivity index (χ1n) is 10.2. The number of carbonyl (C=O) groups excluding carboxylic acids is 1. The number of hydrogen-bond acceptors (Lipinski definition) is 5. The van der Waals surface area contributed by atoms with E-state index in [0.717, 1.165) is 37.5 Å². The fraction of sp³-hybridized carbons (Fsp3) is 0.435. The Balaban J connectivity index is 1.50. The monoisotopic (exact) mass is 397 g/mol. The molecular formula is C23H31N3O3. The Bertz CT molecular complexity index is 769. The Hall–Kier alpha value is -2.73. The van der Waals surface area contributed by atoms with Crippen LogP contribution in [-0.2, 0) is 11.3 Å². The molecule has 0 aromatic heterocycles. The van der Waals surface area contributed by atoms with E-state index < -0.39 is 6.10 Å². The number of anilines is 1. The molecule has 0 spiro atoms. The second-order valence-corrected chi connectivity index (χ2v) is 7.36. The number of benzene rings is 2. The Morgan fingerprint density at radius 2 is 1.62 bits per heavy atom. The number of nitrogens with one attached hydrogen (secondary N) is 1. The van der Waals surface area contributed by atoms with E-state index in [4.69, 9.17) is 9.47 Å². The van der Waals surface area contributed by atoms with Gasteiger partial charge in [0, 0.05) is 38.4 Å². The van der Waals surface area contributed by atoms with E-state index in [1.165, 1.54) is 5.69 Å². The molecule has 0 unspecified atom stereocenters. The van der Waals surface area contributed by atoms with E-state index in [9.17, 15) is 4.79 Å². The van der Waals surface area contributed by atoms with Crippen molar-refractivity contribution in [1.29, 1.82) is 0 Å². The third kappa shape index (κ3) is 5.87. The Morgan fingerprint density at radius 3 is 2.21 bits per heavy atom. The molecule has 2 aromatic carbocycles. The second-order valence-electron chi connectivity index (χ2n) is 7.36. The number of hydrogen-bond donors (Lipinski definition) is 1. The standard InChI is InChI=1S/C23H31N3O3/c1-4-22(29-21-11-9-20(28-3)10-12-21)23(27)24-17-18-5-7-19(8-6-18)26-15-13-25(2)14-16-26/h5-12,22H,4,13-17H2,1-3H3,(H,24,27)/t22-/m0/s1. The largest absolute Gasteiger partial charge is 0.497 e. The minimum atomic E-state index is -0.520. The molecule has 0 radical (unpaired) electrons. The summed E-state index contributed by atoms with van der Waals surface area (Å²) < 4.78 is 11.0. The summed E-state index contributed by atoms with van der Waals surface area (Å²) in [6.45, 7) is 6.71. The van der Waals surface area contributed by atoms with E-state index >= 15 is 0 Å². The van der Waals surface area contributed by atoms with Gasteiger partial charge in [0.15, 0.2) is 6.10 Å². The topological polar surface area (TPSA) is 54.0 Å². The van der Waals surface area contributed by atoms with Gasteiger partial charge < -0.3 is 24.6 Å². The molecule has 1 atom stereocenters. The quantitative estimate of drug-likeness (QED) is 0.742. The molecule has 1 amide bonds. The number of nitrogens with zero attached hydrogens (tertiary/aromatic N) is 2. The van der Waals surface area contributed by atoms with Gasteiger partial charge in [-0.05, 0) is 55.4 Å². The van der Waals surface area contributed by atoms with Crippen molar-refractivity contribution < 1.29 is 14.3 Å². The predicted molar refractivity (Wildman–Crippen MR) is 116 cm³/mol. The maximum atomic E-state index is 12.5. The minimum absolute atomic E-state index is 0.105. The van der Waals surface area contributed by atoms with Crippen molar-refractivity contribution in [2.75, 3.05) is 45.2 Å². The number of likely N-dealkylation sites (N-methyl/N-ethyl adjacent to an activating group) is 1. The van der Waals surface area contributed by atoms with E-state index in [1.807, 2.05) is 31.2 Å². The van der Waals surface area contributed by atoms with Crippen molar-refractivity contribution in [1.82, 2.24) is 10.2 Å². The van der Waals surface area contributed by atoms with Crippen molar-refractivity contribution in [3.05, 3.63) is 54.1 Å². The molecule has 1 saturated heterocycles. The lowest BCUT2D eigenvalue weighted by molar-refractivity contribution is -0.128. The molecule has 6 nitrogen and oxygen atoms in total. The molecule has 1 aliphatic heterocycles. The highest BCUT2D eigenvalue weighted by molar-refractivity contribution is 5.81. The summed E-state index contributed by atoms with van der Waals surface area (Å²) in [5.41, 5.74) is 2.32. The second kappa shape index (κ2) is 10.2. The van der Waals surface area contributed by atoms with Gasteiger partial charge in [0.2, 0.25) is 0 Å². The van der Waals surface area contributed by atoms with Crippen LogP contribution in [0.4, 0.5) is 5.69 Å². The molecule has 1 heterocycles. The van der Waals surface area contributed by atoms with E-state index in [1.54, 1.807) is 7.11 Å². The minimum Gasteiger partial charge on any atom is -0.497 e. The number of carbonyl (C=O) groups is 1. The number of methoxy groups -OCH3 is 1. The number of ether oxygens (including phenoxy) is 2. The average molecular weight is 398 g/mol. The summed E-state index contributed by atoms with van der Waals surface area (Å²) in [6, 6.07) is 15.7. The molecule has 1 fully saturated rings. The predicted octanol–water partition coefficient (Wildman–Crippen LogP) is 2.92. The van der Waals surface area contributed by atoms with Crippen LogP contribution in [0.15, 0.2) is 48.5 Å². The maximum absolute atomic E-state index is 12.5. The van der Waals surface area contributed by atoms with Crippen LogP contribution in [0, 0.1) is 0 Å². The number of rotatable bonds is 8. The van der Waals surface area contributed by atoms with Crippen LogP contribution < -0.4 is 19.7 Å². The zero-order valence-electron chi connectivity index (χ0n) is 17.6. The van der Waals surface area contributed by atoms with Gasteiger partial charge in [0.25, 0.3) is 5.91 Å². The highest BCUT2D eigenvalue weighted by Crippen LogP contribution is 2.19. The van der Waals surface area contributed by atoms with E-state index in [-0.39, 0.29) is 5.91 Å². The van der Waals surface area contributed by atoms with Crippen molar-refractivity contribution in [2.45, 2.75) is 26.0 Å². The zero-order chi connectivity index (χ0) is 20.6. The van der Waals surface area contributed by atoms with Crippen LogP contribution in [0.1, 0.15) is 18.9 Å². The third-order valence-corrected chi connectivity index (χ3v) is 5.27. The van der Waals surface area contributed by atoms with Crippen molar-refractivity contribution >= 4 is 11.6 Å². The normalized spacial score (nSPS) is 15.6. The van der Waals surface area contributed by atoms with Crippen LogP contribution in [0.2, 0.25) is 0 Å². The first-order valence-corrected chi connectivity index (χ1v) is 10.2. The molecule has 0 aliphatic carbocycles. The van der Waals surface area contributed by atoms with E-state index in [0.29, 0.717) is 18.7 Å². The summed E-state index contributed by atoms with van der Waals surface area (Å²) in [5, 5.41) is 2.99. The molecule has 6 heteroatoms. The lowest BCUT2D eigenvalue weighted by Crippen LogP contribution is -2.44. The summed E-state index contributed by atoms with van der Waals surface area (Å²) >= 11 is 0. The lowest BCUT2D eigenvalue weighted by atomic mass is 10.1. The molecular weight excluding hydrogens is 366 g/mol. The van der Waals surface area contributed by atoms with Gasteiger partial charge in [0.05, 0.1) is 7.11 Å². The van der Waals surface area contributed by atoms with Crippen LogP contribution in [-0.4, -0.2) is 57.2 Å². The fourth-order valence-corrected chi connectivity index (χ4v) is 3.33. The van der Waals surface area contributed by atoms with Crippen molar-refractivity contribution in [3.8, 4) is 11.5 Å². The Labute approximate surface area is 173 Å². The highest BCUT2D eigenvalue weighted by atomic mass is 16.5. The molecule has 29 heavy (non-hydrogen) atoms. The van der Waals surface area contributed by atoms with E-state index in [2.05, 4.69) is 46.4 Å². The SMILES string of the molecule is CC[C@H](Oc1ccc(OC)cc1)C(=O)NCc1ccc(N2CCN(C)CC2)cc1. The lowest BCUT2D eigenvalue weighted by Gasteiger charge is -2.34. The number of piperazine rings is 1. The Morgan fingerprint density at radius 1 is 1.00 bits per heavy atom. The molecule has 1 aliphatic rings. The fourth-order valence-electron chi connectivity index (χ4n) is 3.33.